The molecule has 0 fully saturated rings. The summed E-state index contributed by atoms with van der Waals surface area (Å²) in [6.45, 7) is 0. The molecule has 3 aliphatic carbocycles. The van der Waals surface area contributed by atoms with Gasteiger partial charge in [0.05, 0.1) is 16.5 Å². The molecule has 10 aromatic carbocycles. The first kappa shape index (κ1) is 35.8. The van der Waals surface area contributed by atoms with E-state index < -0.39 is 10.8 Å². The van der Waals surface area contributed by atoms with Crippen molar-refractivity contribution in [1.82, 2.24) is 0 Å². The molecule has 2 heteroatoms. The van der Waals surface area contributed by atoms with Gasteiger partial charge >= 0.3 is 0 Å². The van der Waals surface area contributed by atoms with Gasteiger partial charge < -0.3 is 4.90 Å². The monoisotopic (exact) mass is 829 g/mol. The van der Waals surface area contributed by atoms with Crippen molar-refractivity contribution in [2.45, 2.75) is 10.8 Å². The molecule has 14 rings (SSSR count). The highest BCUT2D eigenvalue weighted by Crippen LogP contribution is 2.65. The van der Waals surface area contributed by atoms with Crippen LogP contribution in [0.5, 0.6) is 0 Å². The van der Waals surface area contributed by atoms with Crippen molar-refractivity contribution in [2.24, 2.45) is 0 Å². The largest absolute Gasteiger partial charge is 0.310 e. The quantitative estimate of drug-likeness (QED) is 0.167. The summed E-state index contributed by atoms with van der Waals surface area (Å²) in [7, 11) is 0. The first-order valence-electron chi connectivity index (χ1n) is 22.3. The molecule has 1 nitrogen and oxygen atoms in total. The Labute approximate surface area is 376 Å². The molecule has 0 saturated heterocycles. The molecular weight excluding hydrogens is 791 g/mol. The SMILES string of the molecule is c1ccc(C2(c3ccc(N(c4ccc5sc6ccccc6c5c4)c4cccc5c4-c4ccccc4C54c5ccccc5-c5ccccc54)cc3)c3ccccc3-c3ccccc32)cc1. The Morgan fingerprint density at radius 3 is 1.38 bits per heavy atom. The molecule has 0 saturated carbocycles. The lowest BCUT2D eigenvalue weighted by atomic mass is 9.67. The number of fused-ring (bicyclic) bond motifs is 16. The van der Waals surface area contributed by atoms with Gasteiger partial charge in [-0.3, -0.25) is 0 Å². The van der Waals surface area contributed by atoms with Crippen LogP contribution in [-0.2, 0) is 10.8 Å². The molecule has 1 heterocycles. The number of thiophene rings is 1. The predicted molar refractivity (Wildman–Crippen MR) is 268 cm³/mol. The highest BCUT2D eigenvalue weighted by molar-refractivity contribution is 7.25. The number of hydrogen-bond acceptors (Lipinski definition) is 2. The van der Waals surface area contributed by atoms with Gasteiger partial charge in [0.1, 0.15) is 0 Å². The third-order valence-corrected chi connectivity index (χ3v) is 15.7. The van der Waals surface area contributed by atoms with Crippen molar-refractivity contribution in [3.63, 3.8) is 0 Å². The summed E-state index contributed by atoms with van der Waals surface area (Å²) in [6, 6.07) is 88.9. The number of rotatable bonds is 5. The lowest BCUT2D eigenvalue weighted by Crippen LogP contribution is -2.28. The Hall–Kier alpha value is -7.78. The fourth-order valence-electron chi connectivity index (χ4n) is 12.2. The van der Waals surface area contributed by atoms with E-state index in [9.17, 15) is 0 Å². The second-order valence-electron chi connectivity index (χ2n) is 17.5. The number of benzene rings is 10. The van der Waals surface area contributed by atoms with Gasteiger partial charge in [-0.05, 0) is 115 Å². The fourth-order valence-corrected chi connectivity index (χ4v) is 13.2. The normalized spacial score (nSPS) is 14.2. The molecule has 0 atom stereocenters. The Morgan fingerprint density at radius 1 is 0.297 bits per heavy atom. The zero-order valence-corrected chi connectivity index (χ0v) is 35.7. The Kier molecular flexibility index (Phi) is 7.47. The summed E-state index contributed by atoms with van der Waals surface area (Å²) in [5, 5.41) is 2.58. The zero-order chi connectivity index (χ0) is 42.0. The van der Waals surface area contributed by atoms with Gasteiger partial charge in [-0.1, -0.05) is 194 Å². The van der Waals surface area contributed by atoms with Crippen LogP contribution < -0.4 is 4.90 Å². The lowest BCUT2D eigenvalue weighted by Gasteiger charge is -2.35. The topological polar surface area (TPSA) is 3.24 Å². The van der Waals surface area contributed by atoms with Crippen LogP contribution in [0, 0.1) is 0 Å². The maximum absolute atomic E-state index is 2.53. The van der Waals surface area contributed by atoms with Gasteiger partial charge in [-0.2, -0.15) is 0 Å². The maximum Gasteiger partial charge on any atom is 0.0726 e. The van der Waals surface area contributed by atoms with Crippen molar-refractivity contribution in [2.75, 3.05) is 4.90 Å². The molecular formula is C62H39NS. The van der Waals surface area contributed by atoms with Crippen LogP contribution in [0.25, 0.3) is 53.6 Å². The first-order chi connectivity index (χ1) is 31.8. The summed E-state index contributed by atoms with van der Waals surface area (Å²) in [4.78, 5) is 2.53. The van der Waals surface area contributed by atoms with E-state index in [1.807, 2.05) is 11.3 Å². The van der Waals surface area contributed by atoms with E-state index in [1.54, 1.807) is 0 Å². The highest BCUT2D eigenvalue weighted by Gasteiger charge is 2.52. The molecule has 3 aliphatic rings. The molecule has 0 radical (unpaired) electrons. The molecule has 0 aliphatic heterocycles. The summed E-state index contributed by atoms with van der Waals surface area (Å²) in [5.41, 5.74) is 20.8. The Morgan fingerprint density at radius 2 is 0.750 bits per heavy atom. The van der Waals surface area contributed by atoms with Crippen molar-refractivity contribution >= 4 is 48.6 Å². The maximum atomic E-state index is 2.53. The van der Waals surface area contributed by atoms with Gasteiger partial charge in [0, 0.05) is 37.1 Å². The van der Waals surface area contributed by atoms with E-state index in [1.165, 1.54) is 104 Å². The van der Waals surface area contributed by atoms with Crippen LogP contribution in [0.3, 0.4) is 0 Å². The molecule has 0 bridgehead atoms. The average molecular weight is 830 g/mol. The molecule has 0 unspecified atom stereocenters. The smallest absolute Gasteiger partial charge is 0.0726 e. The van der Waals surface area contributed by atoms with Crippen molar-refractivity contribution in [3.8, 4) is 33.4 Å². The Bertz CT molecular complexity index is 3600. The van der Waals surface area contributed by atoms with Gasteiger partial charge in [-0.15, -0.1) is 11.3 Å². The number of nitrogens with zero attached hydrogens (tertiary/aromatic N) is 1. The van der Waals surface area contributed by atoms with Crippen molar-refractivity contribution in [3.05, 3.63) is 281 Å². The molecule has 64 heavy (non-hydrogen) atoms. The van der Waals surface area contributed by atoms with E-state index in [-0.39, 0.29) is 0 Å². The molecule has 1 aromatic heterocycles. The van der Waals surface area contributed by atoms with Crippen LogP contribution in [0.15, 0.2) is 237 Å². The average Bonchev–Trinajstić information content (AvgIpc) is 4.08. The number of anilines is 3. The minimum atomic E-state index is -0.477. The first-order valence-corrected chi connectivity index (χ1v) is 23.1. The van der Waals surface area contributed by atoms with E-state index in [0.717, 1.165) is 11.4 Å². The van der Waals surface area contributed by atoms with Gasteiger partial charge in [0.15, 0.2) is 0 Å². The Balaban J connectivity index is 1.04. The molecule has 0 N–H and O–H groups in total. The van der Waals surface area contributed by atoms with Gasteiger partial charge in [0.25, 0.3) is 0 Å². The highest BCUT2D eigenvalue weighted by atomic mass is 32.1. The van der Waals surface area contributed by atoms with Crippen molar-refractivity contribution in [1.29, 1.82) is 0 Å². The molecule has 298 valence electrons. The van der Waals surface area contributed by atoms with Crippen LogP contribution in [0.4, 0.5) is 17.1 Å². The second-order valence-corrected chi connectivity index (χ2v) is 18.5. The standard InChI is InChI=1S/C62H39NS/c1-2-17-40(18-3-1)61(51-25-10-4-19-44(51)45-20-5-11-26-52(45)61)41-33-35-42(36-34-41)63(43-37-38-59-50(39-43)48-23-9-15-32-58(48)64-59)57-31-16-30-56-60(57)49-24-8-14-29-55(49)62(56)53-27-12-6-21-46(53)47-22-7-13-28-54(47)62/h1-39H. The van der Waals surface area contributed by atoms with E-state index >= 15 is 0 Å². The van der Waals surface area contributed by atoms with Crippen LogP contribution >= 0.6 is 11.3 Å². The third kappa shape index (κ3) is 4.57. The minimum absolute atomic E-state index is 0.441. The summed E-state index contributed by atoms with van der Waals surface area (Å²) < 4.78 is 2.61. The van der Waals surface area contributed by atoms with Crippen molar-refractivity contribution < 1.29 is 0 Å². The van der Waals surface area contributed by atoms with Crippen LogP contribution in [0.2, 0.25) is 0 Å². The number of hydrogen-bond donors (Lipinski definition) is 0. The summed E-state index contributed by atoms with van der Waals surface area (Å²) in [5.74, 6) is 0. The van der Waals surface area contributed by atoms with E-state index in [2.05, 4.69) is 241 Å². The van der Waals surface area contributed by atoms with Crippen LogP contribution in [-0.4, -0.2) is 0 Å². The van der Waals surface area contributed by atoms with E-state index in [4.69, 9.17) is 0 Å². The van der Waals surface area contributed by atoms with Crippen LogP contribution in [0.1, 0.15) is 44.5 Å². The molecule has 11 aromatic rings. The summed E-state index contributed by atoms with van der Waals surface area (Å²) >= 11 is 1.87. The second kappa shape index (κ2) is 13.4. The van der Waals surface area contributed by atoms with Gasteiger partial charge in [-0.25, -0.2) is 0 Å². The minimum Gasteiger partial charge on any atom is -0.310 e. The molecule has 1 spiro atoms. The van der Waals surface area contributed by atoms with E-state index in [0.29, 0.717) is 0 Å². The molecule has 0 amide bonds. The third-order valence-electron chi connectivity index (χ3n) is 14.6. The lowest BCUT2D eigenvalue weighted by molar-refractivity contribution is 0.768. The zero-order valence-electron chi connectivity index (χ0n) is 34.9. The summed E-state index contributed by atoms with van der Waals surface area (Å²) in [6.07, 6.45) is 0. The predicted octanol–water partition coefficient (Wildman–Crippen LogP) is 16.2. The fraction of sp³-hybridized carbons (Fsp3) is 0.0323. The van der Waals surface area contributed by atoms with Gasteiger partial charge in [0.2, 0.25) is 0 Å².